The first-order chi connectivity index (χ1) is 18.9. The Kier molecular flexibility index (Phi) is 6.23. The summed E-state index contributed by atoms with van der Waals surface area (Å²) in [5.41, 5.74) is 4.57. The standard InChI is InChI=1S/C30H27N3O5S/c1-16-26-27(17-10-11-23(37-2)24(15-17)38-3)28-20(13-18(14-22(28)34)25-9-6-12-39-25)31-29(26)33(32-16)21-8-5-4-7-19(21)30(35)36/h4-12,15,18,27,31H,13-14H2,1-3H3,(H,35,36)/t18-,27-/m0/s1. The van der Waals surface area contributed by atoms with Gasteiger partial charge in [0.25, 0.3) is 0 Å². The highest BCUT2D eigenvalue weighted by Crippen LogP contribution is 2.50. The van der Waals surface area contributed by atoms with E-state index in [0.29, 0.717) is 41.5 Å². The number of aryl methyl sites for hydroxylation is 1. The number of allylic oxidation sites excluding steroid dienone is 2. The second-order valence-electron chi connectivity index (χ2n) is 9.69. The molecule has 0 amide bonds. The molecule has 0 saturated carbocycles. The molecule has 1 aliphatic heterocycles. The third-order valence-electron chi connectivity index (χ3n) is 7.51. The largest absolute Gasteiger partial charge is 0.493 e. The van der Waals surface area contributed by atoms with Crippen molar-refractivity contribution < 1.29 is 24.2 Å². The molecule has 0 spiro atoms. The number of carboxylic acids is 1. The third kappa shape index (κ3) is 4.10. The molecule has 6 rings (SSSR count). The number of aromatic nitrogens is 2. The van der Waals surface area contributed by atoms with Gasteiger partial charge >= 0.3 is 5.97 Å². The lowest BCUT2D eigenvalue weighted by molar-refractivity contribution is -0.116. The van der Waals surface area contributed by atoms with E-state index >= 15 is 0 Å². The molecule has 0 radical (unpaired) electrons. The minimum atomic E-state index is -1.04. The fourth-order valence-corrected chi connectivity index (χ4v) is 6.61. The molecule has 9 heteroatoms. The van der Waals surface area contributed by atoms with E-state index in [9.17, 15) is 14.7 Å². The number of para-hydroxylation sites is 1. The zero-order valence-electron chi connectivity index (χ0n) is 21.7. The molecule has 3 heterocycles. The Bertz CT molecular complexity index is 1640. The number of fused-ring (bicyclic) bond motifs is 1. The van der Waals surface area contributed by atoms with Crippen molar-refractivity contribution in [1.29, 1.82) is 0 Å². The molecule has 0 saturated heterocycles. The molecule has 2 aromatic heterocycles. The van der Waals surface area contributed by atoms with Crippen LogP contribution in [0.1, 0.15) is 56.7 Å². The van der Waals surface area contributed by atoms with E-state index in [1.54, 1.807) is 54.5 Å². The monoisotopic (exact) mass is 541 g/mol. The molecule has 0 fully saturated rings. The molecular formula is C30H27N3O5S. The molecule has 4 aromatic rings. The van der Waals surface area contributed by atoms with Gasteiger partial charge in [-0.15, -0.1) is 11.3 Å². The molecule has 2 N–H and O–H groups in total. The van der Waals surface area contributed by atoms with Crippen LogP contribution in [0, 0.1) is 6.92 Å². The summed E-state index contributed by atoms with van der Waals surface area (Å²) in [6, 6.07) is 16.6. The maximum absolute atomic E-state index is 13.9. The highest BCUT2D eigenvalue weighted by molar-refractivity contribution is 7.10. The summed E-state index contributed by atoms with van der Waals surface area (Å²) in [7, 11) is 3.17. The maximum Gasteiger partial charge on any atom is 0.337 e. The average molecular weight is 542 g/mol. The highest BCUT2D eigenvalue weighted by atomic mass is 32.1. The Hall–Kier alpha value is -4.37. The summed E-state index contributed by atoms with van der Waals surface area (Å²) >= 11 is 1.66. The van der Waals surface area contributed by atoms with Crippen molar-refractivity contribution in [3.63, 3.8) is 0 Å². The molecule has 39 heavy (non-hydrogen) atoms. The van der Waals surface area contributed by atoms with Crippen molar-refractivity contribution in [2.24, 2.45) is 0 Å². The number of benzene rings is 2. The summed E-state index contributed by atoms with van der Waals surface area (Å²) in [5.74, 6) is 0.548. The number of aromatic carboxylic acids is 1. The first kappa shape index (κ1) is 24.9. The topological polar surface area (TPSA) is 103 Å². The number of carboxylic acid groups (broad SMARTS) is 1. The van der Waals surface area contributed by atoms with Crippen LogP contribution in [0.3, 0.4) is 0 Å². The summed E-state index contributed by atoms with van der Waals surface area (Å²) in [4.78, 5) is 27.1. The van der Waals surface area contributed by atoms with E-state index < -0.39 is 11.9 Å². The van der Waals surface area contributed by atoms with E-state index in [1.807, 2.05) is 36.6 Å². The number of ketones is 1. The lowest BCUT2D eigenvalue weighted by Gasteiger charge is -2.35. The number of hydrogen-bond acceptors (Lipinski definition) is 7. The Morgan fingerprint density at radius 3 is 2.59 bits per heavy atom. The molecule has 0 bridgehead atoms. The van der Waals surface area contributed by atoms with E-state index in [0.717, 1.165) is 22.4 Å². The van der Waals surface area contributed by atoms with Gasteiger partial charge in [0, 0.05) is 40.0 Å². The van der Waals surface area contributed by atoms with E-state index in [1.165, 1.54) is 4.88 Å². The molecule has 2 aromatic carbocycles. The summed E-state index contributed by atoms with van der Waals surface area (Å²) in [5, 5.41) is 20.3. The number of methoxy groups -OCH3 is 2. The first-order valence-electron chi connectivity index (χ1n) is 12.6. The van der Waals surface area contributed by atoms with Crippen molar-refractivity contribution in [1.82, 2.24) is 9.78 Å². The summed E-state index contributed by atoms with van der Waals surface area (Å²) < 4.78 is 12.7. The molecule has 1 aliphatic carbocycles. The van der Waals surface area contributed by atoms with Crippen LogP contribution >= 0.6 is 11.3 Å². The number of thiophene rings is 1. The number of hydrogen-bond donors (Lipinski definition) is 2. The zero-order chi connectivity index (χ0) is 27.3. The number of Topliss-reactive ketones (excluding diaryl/α,β-unsaturated/α-hetero) is 1. The lowest BCUT2D eigenvalue weighted by atomic mass is 9.73. The second kappa shape index (κ2) is 9.74. The van der Waals surface area contributed by atoms with Crippen LogP contribution < -0.4 is 14.8 Å². The number of carbonyl (C=O) groups is 2. The number of rotatable bonds is 6. The van der Waals surface area contributed by atoms with Gasteiger partial charge in [-0.2, -0.15) is 5.10 Å². The number of anilines is 1. The highest BCUT2D eigenvalue weighted by Gasteiger charge is 2.42. The van der Waals surface area contributed by atoms with Gasteiger partial charge in [-0.05, 0) is 54.6 Å². The van der Waals surface area contributed by atoms with Gasteiger partial charge in [-0.25, -0.2) is 9.48 Å². The molecular weight excluding hydrogens is 514 g/mol. The van der Waals surface area contributed by atoms with Crippen LogP contribution in [-0.2, 0) is 4.79 Å². The predicted octanol–water partition coefficient (Wildman–Crippen LogP) is 5.92. The number of carbonyl (C=O) groups excluding carboxylic acids is 1. The molecule has 2 aliphatic rings. The SMILES string of the molecule is COc1ccc([C@@H]2C3=C(C[C@H](c4cccs4)CC3=O)Nc3c2c(C)nn3-c2ccccc2C(=O)O)cc1OC. The van der Waals surface area contributed by atoms with Crippen molar-refractivity contribution in [2.75, 3.05) is 19.5 Å². The summed E-state index contributed by atoms with van der Waals surface area (Å²) in [6.45, 7) is 1.89. The number of nitrogens with one attached hydrogen (secondary N) is 1. The molecule has 198 valence electrons. The van der Waals surface area contributed by atoms with Gasteiger partial charge in [0.15, 0.2) is 17.3 Å². The normalized spacial score (nSPS) is 18.3. The Morgan fingerprint density at radius 1 is 1.08 bits per heavy atom. The minimum Gasteiger partial charge on any atom is -0.493 e. The van der Waals surface area contributed by atoms with Crippen molar-refractivity contribution in [2.45, 2.75) is 31.6 Å². The van der Waals surface area contributed by atoms with Crippen LogP contribution in [-0.4, -0.2) is 40.9 Å². The molecule has 2 atom stereocenters. The molecule has 8 nitrogen and oxygen atoms in total. The van der Waals surface area contributed by atoms with Crippen LogP contribution in [0.25, 0.3) is 5.69 Å². The number of nitrogens with zero attached hydrogens (tertiary/aromatic N) is 2. The number of ether oxygens (including phenoxy) is 2. The fraction of sp³-hybridized carbons (Fsp3) is 0.233. The van der Waals surface area contributed by atoms with Crippen LogP contribution in [0.15, 0.2) is 71.2 Å². The molecule has 0 unspecified atom stereocenters. The smallest absolute Gasteiger partial charge is 0.337 e. The van der Waals surface area contributed by atoms with Gasteiger partial charge in [0.2, 0.25) is 0 Å². The Morgan fingerprint density at radius 2 is 1.87 bits per heavy atom. The zero-order valence-corrected chi connectivity index (χ0v) is 22.5. The Labute approximate surface area is 229 Å². The maximum atomic E-state index is 13.9. The predicted molar refractivity (Wildman–Crippen MR) is 149 cm³/mol. The van der Waals surface area contributed by atoms with Crippen LogP contribution in [0.5, 0.6) is 11.5 Å². The van der Waals surface area contributed by atoms with Gasteiger partial charge in [-0.1, -0.05) is 24.3 Å². The van der Waals surface area contributed by atoms with E-state index in [4.69, 9.17) is 14.6 Å². The van der Waals surface area contributed by atoms with Crippen LogP contribution in [0.4, 0.5) is 5.82 Å². The Balaban J connectivity index is 1.58. The van der Waals surface area contributed by atoms with E-state index in [2.05, 4.69) is 11.4 Å². The first-order valence-corrected chi connectivity index (χ1v) is 13.5. The van der Waals surface area contributed by atoms with Gasteiger partial charge < -0.3 is 19.9 Å². The summed E-state index contributed by atoms with van der Waals surface area (Å²) in [6.07, 6.45) is 1.09. The average Bonchev–Trinajstić information content (AvgIpc) is 3.60. The van der Waals surface area contributed by atoms with Crippen molar-refractivity contribution in [3.8, 4) is 17.2 Å². The van der Waals surface area contributed by atoms with Gasteiger partial charge in [0.05, 0.1) is 31.2 Å². The van der Waals surface area contributed by atoms with Gasteiger partial charge in [-0.3, -0.25) is 4.79 Å². The fourth-order valence-electron chi connectivity index (χ4n) is 5.78. The van der Waals surface area contributed by atoms with E-state index in [-0.39, 0.29) is 17.3 Å². The van der Waals surface area contributed by atoms with Crippen molar-refractivity contribution >= 4 is 28.9 Å². The minimum absolute atomic E-state index is 0.0696. The quantitative estimate of drug-likeness (QED) is 0.313. The van der Waals surface area contributed by atoms with Crippen LogP contribution in [0.2, 0.25) is 0 Å². The third-order valence-corrected chi connectivity index (χ3v) is 8.55. The van der Waals surface area contributed by atoms with Crippen molar-refractivity contribution in [3.05, 3.63) is 98.5 Å². The van der Waals surface area contributed by atoms with Gasteiger partial charge in [0.1, 0.15) is 5.82 Å². The second-order valence-corrected chi connectivity index (χ2v) is 10.7. The lowest BCUT2D eigenvalue weighted by Crippen LogP contribution is -2.30.